The molecule has 0 fully saturated rings. The number of carbonyl (C=O) groups excluding carboxylic acids is 1. The van der Waals surface area contributed by atoms with Crippen molar-refractivity contribution < 1.29 is 9.53 Å². The van der Waals surface area contributed by atoms with Gasteiger partial charge in [0.1, 0.15) is 6.61 Å². The highest BCUT2D eigenvalue weighted by Gasteiger charge is 2.01. The van der Waals surface area contributed by atoms with Gasteiger partial charge in [-0.3, -0.25) is 4.79 Å². The van der Waals surface area contributed by atoms with Crippen molar-refractivity contribution in [3.05, 3.63) is 12.2 Å². The van der Waals surface area contributed by atoms with Crippen molar-refractivity contribution in [2.45, 2.75) is 103 Å². The Bertz CT molecular complexity index is 338. The molecule has 24 heavy (non-hydrogen) atoms. The van der Waals surface area contributed by atoms with Gasteiger partial charge in [-0.2, -0.15) is 0 Å². The van der Waals surface area contributed by atoms with Crippen LogP contribution < -0.4 is 0 Å². The molecule has 0 aromatic carbocycles. The molecule has 0 bridgehead atoms. The molecule has 0 heterocycles. The third-order valence-corrected chi connectivity index (χ3v) is 4.18. The van der Waals surface area contributed by atoms with Gasteiger partial charge in [0.2, 0.25) is 0 Å². The normalized spacial score (nSPS) is 10.8. The SMILES string of the molecule is C#CCCCCCCCCC(=O)OC/C=C/CCCCCCCC. The number of ether oxygens (including phenoxy) is 1. The van der Waals surface area contributed by atoms with E-state index in [9.17, 15) is 4.79 Å². The topological polar surface area (TPSA) is 26.3 Å². The lowest BCUT2D eigenvalue weighted by Gasteiger charge is -2.02. The summed E-state index contributed by atoms with van der Waals surface area (Å²) < 4.78 is 5.21. The Morgan fingerprint density at radius 3 is 2.21 bits per heavy atom. The van der Waals surface area contributed by atoms with Gasteiger partial charge in [0.25, 0.3) is 0 Å². The van der Waals surface area contributed by atoms with Crippen molar-refractivity contribution >= 4 is 5.97 Å². The highest BCUT2D eigenvalue weighted by Crippen LogP contribution is 2.09. The van der Waals surface area contributed by atoms with Crippen LogP contribution >= 0.6 is 0 Å². The summed E-state index contributed by atoms with van der Waals surface area (Å²) in [6.07, 6.45) is 26.6. The van der Waals surface area contributed by atoms with Crippen LogP contribution in [0.4, 0.5) is 0 Å². The summed E-state index contributed by atoms with van der Waals surface area (Å²) in [5.41, 5.74) is 0. The van der Waals surface area contributed by atoms with Crippen LogP contribution in [0.3, 0.4) is 0 Å². The second-order valence-electron chi connectivity index (χ2n) is 6.54. The van der Waals surface area contributed by atoms with Gasteiger partial charge in [-0.25, -0.2) is 0 Å². The lowest BCUT2D eigenvalue weighted by molar-refractivity contribution is -0.142. The maximum Gasteiger partial charge on any atom is 0.306 e. The number of unbranched alkanes of at least 4 members (excludes halogenated alkanes) is 12. The lowest BCUT2D eigenvalue weighted by atomic mass is 10.1. The maximum absolute atomic E-state index is 11.6. The van der Waals surface area contributed by atoms with Gasteiger partial charge >= 0.3 is 5.97 Å². The quantitative estimate of drug-likeness (QED) is 0.130. The van der Waals surface area contributed by atoms with E-state index in [4.69, 9.17) is 11.2 Å². The smallest absolute Gasteiger partial charge is 0.306 e. The van der Waals surface area contributed by atoms with E-state index in [0.29, 0.717) is 13.0 Å². The fourth-order valence-electron chi connectivity index (χ4n) is 2.65. The molecular formula is C22H38O2. The molecule has 0 aliphatic rings. The molecule has 0 radical (unpaired) electrons. The molecule has 0 saturated carbocycles. The highest BCUT2D eigenvalue weighted by atomic mass is 16.5. The van der Waals surface area contributed by atoms with Crippen LogP contribution in [0.25, 0.3) is 0 Å². The Labute approximate surface area is 150 Å². The van der Waals surface area contributed by atoms with E-state index in [1.807, 2.05) is 6.08 Å². The van der Waals surface area contributed by atoms with E-state index >= 15 is 0 Å². The monoisotopic (exact) mass is 334 g/mol. The molecule has 0 aromatic rings. The van der Waals surface area contributed by atoms with E-state index in [-0.39, 0.29) is 5.97 Å². The number of carbonyl (C=O) groups is 1. The summed E-state index contributed by atoms with van der Waals surface area (Å²) in [6, 6.07) is 0. The standard InChI is InChI=1S/C22H38O2/c1-3-5-7-9-11-13-15-17-19-21-24-22(23)20-18-16-14-12-10-8-6-4-2/h2,17,19H,3,5-16,18,20-21H2,1H3/b19-17+. The summed E-state index contributed by atoms with van der Waals surface area (Å²) in [6.45, 7) is 2.67. The molecule has 0 rings (SSSR count). The fraction of sp³-hybridized carbons (Fsp3) is 0.773. The van der Waals surface area contributed by atoms with E-state index in [1.165, 1.54) is 57.8 Å². The van der Waals surface area contributed by atoms with Crippen LogP contribution in [0.1, 0.15) is 103 Å². The first-order valence-corrected chi connectivity index (χ1v) is 10.0. The maximum atomic E-state index is 11.6. The van der Waals surface area contributed by atoms with Crippen LogP contribution in [0.2, 0.25) is 0 Å². The van der Waals surface area contributed by atoms with E-state index < -0.39 is 0 Å². The molecule has 0 amide bonds. The summed E-state index contributed by atoms with van der Waals surface area (Å²) in [5.74, 6) is 2.60. The molecule has 0 aromatic heterocycles. The number of allylic oxidation sites excluding steroid dienone is 1. The Hall–Kier alpha value is -1.23. The van der Waals surface area contributed by atoms with Gasteiger partial charge in [0, 0.05) is 12.8 Å². The first-order chi connectivity index (χ1) is 11.8. The molecule has 0 atom stereocenters. The molecule has 0 saturated heterocycles. The van der Waals surface area contributed by atoms with Gasteiger partial charge in [-0.1, -0.05) is 76.9 Å². The Morgan fingerprint density at radius 2 is 1.50 bits per heavy atom. The fourth-order valence-corrected chi connectivity index (χ4v) is 2.65. The number of esters is 1. The second kappa shape index (κ2) is 19.8. The third kappa shape index (κ3) is 18.8. The zero-order valence-electron chi connectivity index (χ0n) is 15.9. The van der Waals surface area contributed by atoms with Gasteiger partial charge in [0.15, 0.2) is 0 Å². The van der Waals surface area contributed by atoms with Crippen LogP contribution in [0, 0.1) is 12.3 Å². The van der Waals surface area contributed by atoms with Crippen molar-refractivity contribution in [3.8, 4) is 12.3 Å². The molecule has 0 N–H and O–H groups in total. The summed E-state index contributed by atoms with van der Waals surface area (Å²) >= 11 is 0. The number of hydrogen-bond acceptors (Lipinski definition) is 2. The minimum Gasteiger partial charge on any atom is -0.461 e. The van der Waals surface area contributed by atoms with E-state index in [2.05, 4.69) is 18.9 Å². The van der Waals surface area contributed by atoms with Gasteiger partial charge in [0.05, 0.1) is 0 Å². The lowest BCUT2D eigenvalue weighted by Crippen LogP contribution is -2.03. The van der Waals surface area contributed by atoms with Crippen LogP contribution in [0.5, 0.6) is 0 Å². The molecular weight excluding hydrogens is 296 g/mol. The number of hydrogen-bond donors (Lipinski definition) is 0. The largest absolute Gasteiger partial charge is 0.461 e. The number of terminal acetylenes is 1. The molecule has 0 spiro atoms. The Balaban J connectivity index is 3.25. The minimum absolute atomic E-state index is 0.0634. The van der Waals surface area contributed by atoms with Gasteiger partial charge in [-0.05, 0) is 25.7 Å². The summed E-state index contributed by atoms with van der Waals surface area (Å²) in [5, 5.41) is 0. The minimum atomic E-state index is -0.0634. The molecule has 138 valence electrons. The van der Waals surface area contributed by atoms with Crippen LogP contribution in [0.15, 0.2) is 12.2 Å². The molecule has 0 aliphatic carbocycles. The van der Waals surface area contributed by atoms with Crippen LogP contribution in [-0.2, 0) is 9.53 Å². The van der Waals surface area contributed by atoms with Crippen LogP contribution in [-0.4, -0.2) is 12.6 Å². The predicted octanol–water partition coefficient (Wildman–Crippen LogP) is 6.59. The second-order valence-corrected chi connectivity index (χ2v) is 6.54. The average Bonchev–Trinajstić information content (AvgIpc) is 2.59. The van der Waals surface area contributed by atoms with Gasteiger partial charge < -0.3 is 4.74 Å². The van der Waals surface area contributed by atoms with Crippen molar-refractivity contribution in [2.75, 3.05) is 6.61 Å². The van der Waals surface area contributed by atoms with Crippen molar-refractivity contribution in [1.29, 1.82) is 0 Å². The first-order valence-electron chi connectivity index (χ1n) is 10.0. The van der Waals surface area contributed by atoms with Crippen molar-refractivity contribution in [1.82, 2.24) is 0 Å². The van der Waals surface area contributed by atoms with Gasteiger partial charge in [-0.15, -0.1) is 12.3 Å². The molecule has 0 unspecified atom stereocenters. The zero-order valence-corrected chi connectivity index (χ0v) is 15.9. The number of rotatable bonds is 17. The predicted molar refractivity (Wildman–Crippen MR) is 104 cm³/mol. The average molecular weight is 335 g/mol. The summed E-state index contributed by atoms with van der Waals surface area (Å²) in [7, 11) is 0. The third-order valence-electron chi connectivity index (χ3n) is 4.18. The highest BCUT2D eigenvalue weighted by molar-refractivity contribution is 5.69. The van der Waals surface area contributed by atoms with Crippen molar-refractivity contribution in [2.24, 2.45) is 0 Å². The van der Waals surface area contributed by atoms with E-state index in [0.717, 1.165) is 32.1 Å². The first kappa shape index (κ1) is 22.8. The van der Waals surface area contributed by atoms with E-state index in [1.54, 1.807) is 0 Å². The summed E-state index contributed by atoms with van der Waals surface area (Å²) in [4.78, 5) is 11.6. The molecule has 0 aliphatic heterocycles. The Morgan fingerprint density at radius 1 is 0.875 bits per heavy atom. The molecule has 2 heteroatoms. The van der Waals surface area contributed by atoms with Crippen molar-refractivity contribution in [3.63, 3.8) is 0 Å². The zero-order chi connectivity index (χ0) is 17.7. The molecule has 2 nitrogen and oxygen atoms in total. The Kier molecular flexibility index (Phi) is 18.8.